The second-order valence-corrected chi connectivity index (χ2v) is 2.47. The summed E-state index contributed by atoms with van der Waals surface area (Å²) in [6.45, 7) is 1.42. The molecule has 2 nitrogen and oxygen atoms in total. The average Bonchev–Trinajstić information content (AvgIpc) is 1.99. The Morgan fingerprint density at radius 1 is 1.15 bits per heavy atom. The van der Waals surface area contributed by atoms with Crippen molar-refractivity contribution in [2.75, 3.05) is 0 Å². The SMILES string of the molecule is CC(N)=Nc1cc(F)c(F)cc1F. The summed E-state index contributed by atoms with van der Waals surface area (Å²) in [4.78, 5) is 3.47. The number of rotatable bonds is 1. The summed E-state index contributed by atoms with van der Waals surface area (Å²) in [5.41, 5.74) is 4.84. The molecule has 1 aromatic rings. The number of halogens is 3. The molecule has 0 bridgehead atoms. The molecule has 5 heteroatoms. The highest BCUT2D eigenvalue weighted by Gasteiger charge is 2.08. The van der Waals surface area contributed by atoms with Crippen LogP contribution in [0.25, 0.3) is 0 Å². The van der Waals surface area contributed by atoms with Crippen molar-refractivity contribution in [3.05, 3.63) is 29.6 Å². The summed E-state index contributed by atoms with van der Waals surface area (Å²) in [6, 6.07) is 1.08. The van der Waals surface area contributed by atoms with Gasteiger partial charge in [0, 0.05) is 12.1 Å². The van der Waals surface area contributed by atoms with Crippen molar-refractivity contribution >= 4 is 11.5 Å². The van der Waals surface area contributed by atoms with E-state index in [9.17, 15) is 13.2 Å². The van der Waals surface area contributed by atoms with Crippen LogP contribution in [0.1, 0.15) is 6.92 Å². The van der Waals surface area contributed by atoms with Gasteiger partial charge < -0.3 is 5.73 Å². The predicted molar refractivity (Wildman–Crippen MR) is 43.3 cm³/mol. The van der Waals surface area contributed by atoms with Crippen LogP contribution in [-0.4, -0.2) is 5.84 Å². The lowest BCUT2D eigenvalue weighted by Gasteiger charge is -1.98. The topological polar surface area (TPSA) is 38.4 Å². The number of hydrogen-bond acceptors (Lipinski definition) is 1. The van der Waals surface area contributed by atoms with E-state index in [1.807, 2.05) is 0 Å². The van der Waals surface area contributed by atoms with E-state index in [0.29, 0.717) is 12.1 Å². The first-order valence-corrected chi connectivity index (χ1v) is 3.46. The van der Waals surface area contributed by atoms with Crippen molar-refractivity contribution in [1.29, 1.82) is 0 Å². The monoisotopic (exact) mass is 188 g/mol. The molecule has 0 amide bonds. The maximum Gasteiger partial charge on any atom is 0.161 e. The van der Waals surface area contributed by atoms with Gasteiger partial charge in [0.1, 0.15) is 5.69 Å². The summed E-state index contributed by atoms with van der Waals surface area (Å²) in [6.07, 6.45) is 0. The van der Waals surface area contributed by atoms with Crippen molar-refractivity contribution < 1.29 is 13.2 Å². The molecule has 0 aliphatic rings. The lowest BCUT2D eigenvalue weighted by Crippen LogP contribution is -2.04. The predicted octanol–water partition coefficient (Wildman–Crippen LogP) is 2.11. The standard InChI is InChI=1S/C8H7F3N2/c1-4(12)13-8-3-6(10)5(9)2-7(8)11/h2-3H,1H3,(H2,12,13). The van der Waals surface area contributed by atoms with Gasteiger partial charge in [0.05, 0.1) is 5.84 Å². The third-order valence-electron chi connectivity index (χ3n) is 1.29. The maximum absolute atomic E-state index is 12.8. The van der Waals surface area contributed by atoms with Gasteiger partial charge in [-0.2, -0.15) is 0 Å². The molecule has 0 saturated heterocycles. The molecule has 0 saturated carbocycles. The summed E-state index contributed by atoms with van der Waals surface area (Å²) in [5, 5.41) is 0. The number of hydrogen-bond donors (Lipinski definition) is 1. The molecule has 0 aromatic heterocycles. The molecule has 0 atom stereocenters. The highest BCUT2D eigenvalue weighted by molar-refractivity contribution is 5.80. The molecular formula is C8H7F3N2. The number of nitrogens with two attached hydrogens (primary N) is 1. The van der Waals surface area contributed by atoms with E-state index in [1.54, 1.807) is 0 Å². The summed E-state index contributed by atoms with van der Waals surface area (Å²) in [7, 11) is 0. The van der Waals surface area contributed by atoms with Gasteiger partial charge in [-0.15, -0.1) is 0 Å². The van der Waals surface area contributed by atoms with Gasteiger partial charge in [0.2, 0.25) is 0 Å². The van der Waals surface area contributed by atoms with Crippen LogP contribution in [0.4, 0.5) is 18.9 Å². The first-order valence-electron chi connectivity index (χ1n) is 3.46. The Morgan fingerprint density at radius 3 is 2.23 bits per heavy atom. The molecule has 2 N–H and O–H groups in total. The molecule has 0 unspecified atom stereocenters. The third-order valence-corrected chi connectivity index (χ3v) is 1.29. The molecule has 70 valence electrons. The van der Waals surface area contributed by atoms with Gasteiger partial charge in [-0.1, -0.05) is 0 Å². The molecule has 0 spiro atoms. The highest BCUT2D eigenvalue weighted by Crippen LogP contribution is 2.20. The molecule has 0 heterocycles. The van der Waals surface area contributed by atoms with Crippen LogP contribution in [-0.2, 0) is 0 Å². The Kier molecular flexibility index (Phi) is 2.55. The first kappa shape index (κ1) is 9.57. The van der Waals surface area contributed by atoms with E-state index in [0.717, 1.165) is 0 Å². The van der Waals surface area contributed by atoms with E-state index in [1.165, 1.54) is 6.92 Å². The molecule has 0 aliphatic heterocycles. The Labute approximate surface area is 72.9 Å². The fourth-order valence-corrected chi connectivity index (χ4v) is 0.788. The lowest BCUT2D eigenvalue weighted by molar-refractivity contribution is 0.496. The zero-order valence-electron chi connectivity index (χ0n) is 6.81. The largest absolute Gasteiger partial charge is 0.387 e. The van der Waals surface area contributed by atoms with Gasteiger partial charge in [-0.05, 0) is 6.92 Å². The van der Waals surface area contributed by atoms with E-state index >= 15 is 0 Å². The fraction of sp³-hybridized carbons (Fsp3) is 0.125. The number of aliphatic imine (C=N–C) groups is 1. The van der Waals surface area contributed by atoms with Gasteiger partial charge in [0.25, 0.3) is 0 Å². The van der Waals surface area contributed by atoms with Gasteiger partial charge >= 0.3 is 0 Å². The van der Waals surface area contributed by atoms with Crippen molar-refractivity contribution in [2.24, 2.45) is 10.7 Å². The van der Waals surface area contributed by atoms with Crippen LogP contribution < -0.4 is 5.73 Å². The molecular weight excluding hydrogens is 181 g/mol. The van der Waals surface area contributed by atoms with E-state index < -0.39 is 17.5 Å². The van der Waals surface area contributed by atoms with Crippen LogP contribution in [0.15, 0.2) is 17.1 Å². The Balaban J connectivity index is 3.24. The fourth-order valence-electron chi connectivity index (χ4n) is 0.788. The van der Waals surface area contributed by atoms with Gasteiger partial charge in [-0.25, -0.2) is 18.2 Å². The normalized spacial score (nSPS) is 11.8. The smallest absolute Gasteiger partial charge is 0.161 e. The van der Waals surface area contributed by atoms with Gasteiger partial charge in [0.15, 0.2) is 17.5 Å². The number of amidine groups is 1. The van der Waals surface area contributed by atoms with Crippen LogP contribution in [0.5, 0.6) is 0 Å². The lowest BCUT2D eigenvalue weighted by atomic mass is 10.3. The number of benzene rings is 1. The summed E-state index contributed by atoms with van der Waals surface area (Å²) < 4.78 is 37.8. The van der Waals surface area contributed by atoms with Crippen LogP contribution in [0.3, 0.4) is 0 Å². The zero-order chi connectivity index (χ0) is 10.0. The second-order valence-electron chi connectivity index (χ2n) is 2.47. The molecule has 0 radical (unpaired) electrons. The summed E-state index contributed by atoms with van der Waals surface area (Å²) >= 11 is 0. The van der Waals surface area contributed by atoms with Crippen molar-refractivity contribution in [3.63, 3.8) is 0 Å². The Bertz CT molecular complexity index is 357. The molecule has 1 aromatic carbocycles. The molecule has 0 fully saturated rings. The van der Waals surface area contributed by atoms with Crippen LogP contribution >= 0.6 is 0 Å². The Morgan fingerprint density at radius 2 is 1.69 bits per heavy atom. The average molecular weight is 188 g/mol. The zero-order valence-corrected chi connectivity index (χ0v) is 6.81. The quantitative estimate of drug-likeness (QED) is 0.409. The summed E-state index contributed by atoms with van der Waals surface area (Å²) in [5.74, 6) is -3.26. The highest BCUT2D eigenvalue weighted by atomic mass is 19.2. The maximum atomic E-state index is 12.8. The molecule has 0 aliphatic carbocycles. The van der Waals surface area contributed by atoms with Gasteiger partial charge in [-0.3, -0.25) is 0 Å². The van der Waals surface area contributed by atoms with Crippen molar-refractivity contribution in [1.82, 2.24) is 0 Å². The van der Waals surface area contributed by atoms with Crippen LogP contribution in [0, 0.1) is 17.5 Å². The minimum absolute atomic E-state index is 0.0740. The second kappa shape index (κ2) is 3.47. The van der Waals surface area contributed by atoms with Crippen molar-refractivity contribution in [2.45, 2.75) is 6.92 Å². The minimum atomic E-state index is -1.24. The third kappa shape index (κ3) is 2.21. The Hall–Kier alpha value is -1.52. The van der Waals surface area contributed by atoms with E-state index in [-0.39, 0.29) is 11.5 Å². The number of nitrogens with zero attached hydrogens (tertiary/aromatic N) is 1. The van der Waals surface area contributed by atoms with Crippen LogP contribution in [0.2, 0.25) is 0 Å². The van der Waals surface area contributed by atoms with Crippen molar-refractivity contribution in [3.8, 4) is 0 Å². The minimum Gasteiger partial charge on any atom is -0.387 e. The molecule has 1 rings (SSSR count). The first-order chi connectivity index (χ1) is 6.00. The van der Waals surface area contributed by atoms with E-state index in [4.69, 9.17) is 5.73 Å². The van der Waals surface area contributed by atoms with E-state index in [2.05, 4.69) is 4.99 Å². The molecule has 13 heavy (non-hydrogen) atoms.